The highest BCUT2D eigenvalue weighted by Gasteiger charge is 2.33. The van der Waals surface area contributed by atoms with E-state index in [9.17, 15) is 9.59 Å². The molecule has 1 heterocycles. The van der Waals surface area contributed by atoms with E-state index in [1.54, 1.807) is 36.4 Å². The van der Waals surface area contributed by atoms with Crippen LogP contribution in [0.1, 0.15) is 38.8 Å². The number of carbonyl (C=O) groups excluding carboxylic acids is 2. The van der Waals surface area contributed by atoms with Crippen molar-refractivity contribution < 1.29 is 9.59 Å². The lowest BCUT2D eigenvalue weighted by molar-refractivity contribution is -0.117. The van der Waals surface area contributed by atoms with E-state index in [0.29, 0.717) is 32.8 Å². The van der Waals surface area contributed by atoms with Crippen LogP contribution in [-0.2, 0) is 11.2 Å². The Morgan fingerprint density at radius 1 is 1.07 bits per heavy atom. The van der Waals surface area contributed by atoms with E-state index >= 15 is 0 Å². The Morgan fingerprint density at radius 3 is 2.55 bits per heavy atom. The summed E-state index contributed by atoms with van der Waals surface area (Å²) in [4.78, 5) is 30.8. The van der Waals surface area contributed by atoms with E-state index in [1.807, 2.05) is 13.0 Å². The van der Waals surface area contributed by atoms with Gasteiger partial charge in [-0.15, -0.1) is 11.3 Å². The van der Waals surface area contributed by atoms with Gasteiger partial charge in [0.1, 0.15) is 0 Å². The first-order chi connectivity index (χ1) is 13.9. The minimum atomic E-state index is -0.346. The lowest BCUT2D eigenvalue weighted by atomic mass is 10.1. The Hall–Kier alpha value is -2.41. The molecule has 0 aliphatic heterocycles. The lowest BCUT2D eigenvalue weighted by Gasteiger charge is -2.13. The Bertz CT molecular complexity index is 1100. The normalized spacial score (nSPS) is 15.1. The zero-order valence-corrected chi connectivity index (χ0v) is 17.8. The predicted molar refractivity (Wildman–Crippen MR) is 117 cm³/mol. The van der Waals surface area contributed by atoms with Crippen LogP contribution in [0, 0.1) is 6.92 Å². The molecule has 0 spiro atoms. The predicted octanol–water partition coefficient (Wildman–Crippen LogP) is 5.68. The van der Waals surface area contributed by atoms with E-state index in [2.05, 4.69) is 15.6 Å². The number of carbonyl (C=O) groups is 2. The maximum atomic E-state index is 12.8. The van der Waals surface area contributed by atoms with Crippen LogP contribution in [0.4, 0.5) is 10.8 Å². The van der Waals surface area contributed by atoms with Gasteiger partial charge in [0.15, 0.2) is 5.13 Å². The molecule has 0 bridgehead atoms. The van der Waals surface area contributed by atoms with Crippen LogP contribution < -0.4 is 10.6 Å². The van der Waals surface area contributed by atoms with Gasteiger partial charge < -0.3 is 5.32 Å². The highest BCUT2D eigenvalue weighted by molar-refractivity contribution is 7.16. The first-order valence-corrected chi connectivity index (χ1v) is 10.6. The number of hydrogen-bond donors (Lipinski definition) is 2. The summed E-state index contributed by atoms with van der Waals surface area (Å²) in [5.41, 5.74) is 2.87. The number of benzene rings is 2. The standard InChI is InChI=1S/C21H17Cl2N3O2S/c1-11-2-5-14(23)10-16(11)24-20(28)15-8-9-17-18(15)25-21(29-17)26-19(27)12-3-6-13(22)7-4-12/h2-7,10,15H,8-9H2,1H3,(H,24,28)(H,25,26,27). The number of aromatic nitrogens is 1. The molecule has 1 atom stereocenters. The Kier molecular flexibility index (Phi) is 5.58. The monoisotopic (exact) mass is 445 g/mol. The van der Waals surface area contributed by atoms with Gasteiger partial charge >= 0.3 is 0 Å². The van der Waals surface area contributed by atoms with Gasteiger partial charge in [-0.1, -0.05) is 29.3 Å². The van der Waals surface area contributed by atoms with Crippen molar-refractivity contribution in [2.24, 2.45) is 0 Å². The average Bonchev–Trinajstić information content (AvgIpc) is 3.25. The molecule has 0 fully saturated rings. The van der Waals surface area contributed by atoms with Gasteiger partial charge in [0.2, 0.25) is 5.91 Å². The largest absolute Gasteiger partial charge is 0.325 e. The second-order valence-corrected chi connectivity index (χ2v) is 8.78. The maximum Gasteiger partial charge on any atom is 0.257 e. The number of rotatable bonds is 4. The SMILES string of the molecule is Cc1ccc(Cl)cc1NC(=O)C1CCc2sc(NC(=O)c3ccc(Cl)cc3)nc21. The van der Waals surface area contributed by atoms with Crippen molar-refractivity contribution in [1.29, 1.82) is 0 Å². The molecule has 4 rings (SSSR count). The van der Waals surface area contributed by atoms with Crippen LogP contribution in [0.2, 0.25) is 10.0 Å². The summed E-state index contributed by atoms with van der Waals surface area (Å²) in [7, 11) is 0. The number of thiazole rings is 1. The van der Waals surface area contributed by atoms with Crippen molar-refractivity contribution in [2.75, 3.05) is 10.6 Å². The first-order valence-electron chi connectivity index (χ1n) is 9.04. The average molecular weight is 446 g/mol. The number of hydrogen-bond acceptors (Lipinski definition) is 4. The minimum Gasteiger partial charge on any atom is -0.325 e. The van der Waals surface area contributed by atoms with E-state index in [-0.39, 0.29) is 17.7 Å². The summed E-state index contributed by atoms with van der Waals surface area (Å²) >= 11 is 13.3. The molecule has 29 heavy (non-hydrogen) atoms. The number of fused-ring (bicyclic) bond motifs is 1. The molecule has 2 amide bonds. The van der Waals surface area contributed by atoms with Crippen molar-refractivity contribution in [1.82, 2.24) is 4.98 Å². The smallest absolute Gasteiger partial charge is 0.257 e. The third-order valence-electron chi connectivity index (χ3n) is 4.82. The molecule has 8 heteroatoms. The summed E-state index contributed by atoms with van der Waals surface area (Å²) in [6.07, 6.45) is 1.46. The van der Waals surface area contributed by atoms with Crippen molar-refractivity contribution in [2.45, 2.75) is 25.7 Å². The van der Waals surface area contributed by atoms with Gasteiger partial charge in [0.25, 0.3) is 5.91 Å². The zero-order valence-electron chi connectivity index (χ0n) is 15.5. The van der Waals surface area contributed by atoms with E-state index in [4.69, 9.17) is 23.2 Å². The molecule has 1 aromatic heterocycles. The second-order valence-electron chi connectivity index (χ2n) is 6.83. The van der Waals surface area contributed by atoms with Crippen LogP contribution in [0.15, 0.2) is 42.5 Å². The maximum absolute atomic E-state index is 12.8. The molecule has 0 radical (unpaired) electrons. The third-order valence-corrected chi connectivity index (χ3v) is 6.35. The third kappa shape index (κ3) is 4.29. The number of halogens is 2. The molecule has 0 saturated carbocycles. The summed E-state index contributed by atoms with van der Waals surface area (Å²) in [5, 5.41) is 7.39. The molecule has 148 valence electrons. The molecule has 2 aromatic carbocycles. The highest BCUT2D eigenvalue weighted by Crippen LogP contribution is 2.39. The topological polar surface area (TPSA) is 71.1 Å². The van der Waals surface area contributed by atoms with Crippen molar-refractivity contribution in [3.05, 3.63) is 74.2 Å². The molecule has 1 unspecified atom stereocenters. The number of aryl methyl sites for hydroxylation is 2. The summed E-state index contributed by atoms with van der Waals surface area (Å²) in [6, 6.07) is 12.0. The number of nitrogens with zero attached hydrogens (tertiary/aromatic N) is 1. The minimum absolute atomic E-state index is 0.116. The Balaban J connectivity index is 1.48. The molecular weight excluding hydrogens is 429 g/mol. The van der Waals surface area contributed by atoms with E-state index in [0.717, 1.165) is 22.6 Å². The molecule has 5 nitrogen and oxygen atoms in total. The van der Waals surface area contributed by atoms with Gasteiger partial charge in [-0.05, 0) is 61.7 Å². The molecule has 0 saturated heterocycles. The van der Waals surface area contributed by atoms with Crippen molar-refractivity contribution in [3.63, 3.8) is 0 Å². The van der Waals surface area contributed by atoms with Gasteiger partial charge in [0, 0.05) is 26.2 Å². The first kappa shape index (κ1) is 19.9. The number of amides is 2. The van der Waals surface area contributed by atoms with E-state index in [1.165, 1.54) is 11.3 Å². The Labute approximate surface area is 182 Å². The fourth-order valence-electron chi connectivity index (χ4n) is 3.26. The molecule has 3 aromatic rings. The fourth-order valence-corrected chi connectivity index (χ4v) is 4.59. The van der Waals surface area contributed by atoms with Crippen LogP contribution in [0.25, 0.3) is 0 Å². The molecule has 1 aliphatic rings. The quantitative estimate of drug-likeness (QED) is 0.542. The van der Waals surface area contributed by atoms with Gasteiger partial charge in [0.05, 0.1) is 11.6 Å². The summed E-state index contributed by atoms with van der Waals surface area (Å²) in [5.74, 6) is -0.722. The zero-order chi connectivity index (χ0) is 20.5. The lowest BCUT2D eigenvalue weighted by Crippen LogP contribution is -2.20. The van der Waals surface area contributed by atoms with Crippen LogP contribution in [-0.4, -0.2) is 16.8 Å². The van der Waals surface area contributed by atoms with Crippen LogP contribution in [0.3, 0.4) is 0 Å². The molecule has 1 aliphatic carbocycles. The summed E-state index contributed by atoms with van der Waals surface area (Å²) < 4.78 is 0. The Morgan fingerprint density at radius 2 is 1.79 bits per heavy atom. The molecule has 2 N–H and O–H groups in total. The van der Waals surface area contributed by atoms with Gasteiger partial charge in [-0.2, -0.15) is 0 Å². The van der Waals surface area contributed by atoms with Gasteiger partial charge in [-0.25, -0.2) is 4.98 Å². The number of anilines is 2. The fraction of sp³-hybridized carbons (Fsp3) is 0.190. The summed E-state index contributed by atoms with van der Waals surface area (Å²) in [6.45, 7) is 1.92. The van der Waals surface area contributed by atoms with Crippen molar-refractivity contribution >= 4 is 57.2 Å². The van der Waals surface area contributed by atoms with Crippen molar-refractivity contribution in [3.8, 4) is 0 Å². The van der Waals surface area contributed by atoms with Gasteiger partial charge in [-0.3, -0.25) is 14.9 Å². The van der Waals surface area contributed by atoms with E-state index < -0.39 is 0 Å². The highest BCUT2D eigenvalue weighted by atomic mass is 35.5. The second kappa shape index (κ2) is 8.14. The molecular formula is C21H17Cl2N3O2S. The van der Waals surface area contributed by atoms with Crippen LogP contribution in [0.5, 0.6) is 0 Å². The number of nitrogens with one attached hydrogen (secondary N) is 2. The van der Waals surface area contributed by atoms with Crippen LogP contribution >= 0.6 is 34.5 Å².